The molecular weight excluding hydrogens is 228 g/mol. The Balaban J connectivity index is 1.90. The van der Waals surface area contributed by atoms with Gasteiger partial charge in [-0.15, -0.1) is 0 Å². The van der Waals surface area contributed by atoms with Gasteiger partial charge in [0.1, 0.15) is 5.60 Å². The van der Waals surface area contributed by atoms with Gasteiger partial charge in [-0.2, -0.15) is 0 Å². The van der Waals surface area contributed by atoms with Crippen molar-refractivity contribution in [2.75, 3.05) is 6.61 Å². The lowest BCUT2D eigenvalue weighted by Gasteiger charge is -2.51. The van der Waals surface area contributed by atoms with Gasteiger partial charge in [-0.3, -0.25) is 0 Å². The summed E-state index contributed by atoms with van der Waals surface area (Å²) in [5.41, 5.74) is 0.808. The maximum absolute atomic E-state index is 10.4. The summed E-state index contributed by atoms with van der Waals surface area (Å²) in [4.78, 5) is 0. The summed E-state index contributed by atoms with van der Waals surface area (Å²) in [6.45, 7) is 8.51. The molecule has 2 aliphatic carbocycles. The van der Waals surface area contributed by atoms with Crippen LogP contribution in [0.2, 0.25) is 0 Å². The third-order valence-electron chi connectivity index (χ3n) is 6.08. The van der Waals surface area contributed by atoms with E-state index in [1.807, 2.05) is 0 Å². The lowest BCUT2D eigenvalue weighted by Crippen LogP contribution is -2.54. The van der Waals surface area contributed by atoms with Crippen molar-refractivity contribution in [1.82, 2.24) is 0 Å². The van der Waals surface area contributed by atoms with Crippen molar-refractivity contribution in [1.29, 1.82) is 0 Å². The van der Waals surface area contributed by atoms with E-state index in [1.54, 1.807) is 0 Å². The normalized spacial score (nSPS) is 54.4. The summed E-state index contributed by atoms with van der Waals surface area (Å²) >= 11 is 0. The number of aliphatic hydroxyl groups is 2. The predicted molar refractivity (Wildman–Crippen MR) is 69.1 cm³/mol. The van der Waals surface area contributed by atoms with Gasteiger partial charge in [0.05, 0.1) is 18.8 Å². The first-order valence-electron chi connectivity index (χ1n) is 7.09. The molecule has 0 aromatic rings. The fraction of sp³-hybridized carbons (Fsp3) is 0.867. The second kappa shape index (κ2) is 3.81. The fourth-order valence-corrected chi connectivity index (χ4v) is 4.52. The maximum atomic E-state index is 10.4. The molecule has 2 N–H and O–H groups in total. The first kappa shape index (κ1) is 12.6. The molecule has 3 rings (SSSR count). The SMILES string of the molecule is C=C(CO)C1CC2(C)C(C)CCC3OC32CC1O. The number of aliphatic hydroxyl groups excluding tert-OH is 2. The molecule has 1 saturated heterocycles. The summed E-state index contributed by atoms with van der Waals surface area (Å²) in [7, 11) is 0. The Bertz CT molecular complexity index is 380. The Labute approximate surface area is 109 Å². The molecule has 3 fully saturated rings. The van der Waals surface area contributed by atoms with Gasteiger partial charge in [-0.25, -0.2) is 0 Å². The van der Waals surface area contributed by atoms with E-state index in [-0.39, 0.29) is 23.5 Å². The van der Waals surface area contributed by atoms with Crippen molar-refractivity contribution in [2.24, 2.45) is 17.3 Å². The summed E-state index contributed by atoms with van der Waals surface area (Å²) < 4.78 is 6.02. The van der Waals surface area contributed by atoms with Crippen LogP contribution in [0.5, 0.6) is 0 Å². The van der Waals surface area contributed by atoms with Crippen molar-refractivity contribution in [3.8, 4) is 0 Å². The summed E-state index contributed by atoms with van der Waals surface area (Å²) in [6.07, 6.45) is 3.89. The van der Waals surface area contributed by atoms with Crippen LogP contribution in [0.3, 0.4) is 0 Å². The van der Waals surface area contributed by atoms with Gasteiger partial charge in [-0.05, 0) is 30.8 Å². The average Bonchev–Trinajstić information content (AvgIpc) is 3.05. The fourth-order valence-electron chi connectivity index (χ4n) is 4.52. The third kappa shape index (κ3) is 1.41. The molecule has 3 heteroatoms. The predicted octanol–water partition coefficient (Wildman–Crippen LogP) is 1.88. The van der Waals surface area contributed by atoms with Crippen LogP contribution in [0.15, 0.2) is 12.2 Å². The summed E-state index contributed by atoms with van der Waals surface area (Å²) in [6, 6.07) is 0. The van der Waals surface area contributed by atoms with Crippen LogP contribution in [0, 0.1) is 17.3 Å². The van der Waals surface area contributed by atoms with E-state index in [1.165, 1.54) is 6.42 Å². The molecule has 18 heavy (non-hydrogen) atoms. The van der Waals surface area contributed by atoms with Gasteiger partial charge in [0, 0.05) is 17.8 Å². The maximum Gasteiger partial charge on any atom is 0.103 e. The standard InChI is InChI=1S/C15H24O3/c1-9(8-16)11-6-14(3)10(2)4-5-13-15(14,18-13)7-12(11)17/h10-13,16-17H,1,4-8H2,2-3H3. The van der Waals surface area contributed by atoms with Crippen LogP contribution in [0.1, 0.15) is 39.5 Å². The van der Waals surface area contributed by atoms with E-state index >= 15 is 0 Å². The number of hydrogen-bond acceptors (Lipinski definition) is 3. The Morgan fingerprint density at radius 3 is 2.78 bits per heavy atom. The zero-order valence-electron chi connectivity index (χ0n) is 11.4. The topological polar surface area (TPSA) is 53.0 Å². The molecule has 2 saturated carbocycles. The van der Waals surface area contributed by atoms with Crippen LogP contribution >= 0.6 is 0 Å². The second-order valence-corrected chi connectivity index (χ2v) is 6.79. The van der Waals surface area contributed by atoms with Crippen molar-refractivity contribution in [3.05, 3.63) is 12.2 Å². The van der Waals surface area contributed by atoms with Gasteiger partial charge in [0.2, 0.25) is 0 Å². The van der Waals surface area contributed by atoms with Crippen molar-refractivity contribution >= 4 is 0 Å². The number of hydrogen-bond donors (Lipinski definition) is 2. The quantitative estimate of drug-likeness (QED) is 0.583. The minimum atomic E-state index is -0.409. The molecule has 0 radical (unpaired) electrons. The summed E-state index contributed by atoms with van der Waals surface area (Å²) in [5.74, 6) is 0.633. The lowest BCUT2D eigenvalue weighted by atomic mass is 9.52. The molecule has 3 nitrogen and oxygen atoms in total. The molecule has 1 spiro atoms. The zero-order valence-corrected chi connectivity index (χ0v) is 11.4. The van der Waals surface area contributed by atoms with Crippen molar-refractivity contribution in [2.45, 2.75) is 57.3 Å². The van der Waals surface area contributed by atoms with Gasteiger partial charge >= 0.3 is 0 Å². The first-order chi connectivity index (χ1) is 8.44. The number of rotatable bonds is 2. The highest BCUT2D eigenvalue weighted by Crippen LogP contribution is 2.67. The van der Waals surface area contributed by atoms with E-state index in [0.29, 0.717) is 18.4 Å². The molecule has 0 aromatic heterocycles. The Morgan fingerprint density at radius 1 is 1.39 bits per heavy atom. The highest BCUT2D eigenvalue weighted by Gasteiger charge is 2.72. The minimum absolute atomic E-state index is 0.0241. The Hall–Kier alpha value is -0.380. The Morgan fingerprint density at radius 2 is 2.11 bits per heavy atom. The van der Waals surface area contributed by atoms with Gasteiger partial charge in [-0.1, -0.05) is 20.4 Å². The van der Waals surface area contributed by atoms with Gasteiger partial charge < -0.3 is 14.9 Å². The second-order valence-electron chi connectivity index (χ2n) is 6.79. The summed E-state index contributed by atoms with van der Waals surface area (Å²) in [5, 5.41) is 19.6. The third-order valence-corrected chi connectivity index (χ3v) is 6.08. The largest absolute Gasteiger partial charge is 0.392 e. The van der Waals surface area contributed by atoms with Gasteiger partial charge in [0.15, 0.2) is 0 Å². The molecule has 0 bridgehead atoms. The van der Waals surface area contributed by atoms with Crippen LogP contribution in [-0.2, 0) is 4.74 Å². The van der Waals surface area contributed by atoms with Crippen LogP contribution in [0.25, 0.3) is 0 Å². The molecule has 0 amide bonds. The van der Waals surface area contributed by atoms with E-state index in [0.717, 1.165) is 18.4 Å². The number of ether oxygens (including phenoxy) is 1. The highest BCUT2D eigenvalue weighted by molar-refractivity contribution is 5.23. The highest BCUT2D eigenvalue weighted by atomic mass is 16.6. The molecule has 102 valence electrons. The minimum Gasteiger partial charge on any atom is -0.392 e. The van der Waals surface area contributed by atoms with E-state index in [2.05, 4.69) is 20.4 Å². The van der Waals surface area contributed by atoms with E-state index in [9.17, 15) is 10.2 Å². The van der Waals surface area contributed by atoms with Crippen molar-refractivity contribution < 1.29 is 14.9 Å². The van der Waals surface area contributed by atoms with Gasteiger partial charge in [0.25, 0.3) is 0 Å². The molecule has 6 atom stereocenters. The molecular formula is C15H24O3. The molecule has 1 heterocycles. The first-order valence-corrected chi connectivity index (χ1v) is 7.09. The Kier molecular flexibility index (Phi) is 2.68. The lowest BCUT2D eigenvalue weighted by molar-refractivity contribution is -0.0681. The molecule has 1 aliphatic heterocycles. The van der Waals surface area contributed by atoms with E-state index in [4.69, 9.17) is 4.74 Å². The van der Waals surface area contributed by atoms with Crippen LogP contribution < -0.4 is 0 Å². The smallest absolute Gasteiger partial charge is 0.103 e. The average molecular weight is 252 g/mol. The zero-order chi connectivity index (χ0) is 13.1. The number of epoxide rings is 1. The van der Waals surface area contributed by atoms with E-state index < -0.39 is 6.10 Å². The molecule has 6 unspecified atom stereocenters. The van der Waals surface area contributed by atoms with Crippen LogP contribution in [0.4, 0.5) is 0 Å². The monoisotopic (exact) mass is 252 g/mol. The van der Waals surface area contributed by atoms with Crippen molar-refractivity contribution in [3.63, 3.8) is 0 Å². The molecule has 3 aliphatic rings. The van der Waals surface area contributed by atoms with Crippen LogP contribution in [-0.4, -0.2) is 34.6 Å². The molecule has 0 aromatic carbocycles.